The molecule has 1 heterocycles. The van der Waals surface area contributed by atoms with Crippen LogP contribution in [0, 0.1) is 11.8 Å². The molecule has 2 aliphatic carbocycles. The van der Waals surface area contributed by atoms with Gasteiger partial charge in [-0.25, -0.2) is 0 Å². The molecule has 3 unspecified atom stereocenters. The van der Waals surface area contributed by atoms with Crippen molar-refractivity contribution in [3.05, 3.63) is 0 Å². The van der Waals surface area contributed by atoms with Crippen LogP contribution in [0.25, 0.3) is 0 Å². The first-order chi connectivity index (χ1) is 8.64. The van der Waals surface area contributed by atoms with E-state index in [0.717, 1.165) is 23.9 Å². The summed E-state index contributed by atoms with van der Waals surface area (Å²) >= 11 is 0. The molecule has 2 nitrogen and oxygen atoms in total. The Kier molecular flexibility index (Phi) is 3.44. The van der Waals surface area contributed by atoms with Crippen molar-refractivity contribution in [3.8, 4) is 0 Å². The second-order valence-corrected chi connectivity index (χ2v) is 7.24. The molecule has 0 aromatic carbocycles. The lowest BCUT2D eigenvalue weighted by Crippen LogP contribution is -2.66. The molecule has 0 aromatic rings. The van der Waals surface area contributed by atoms with Crippen LogP contribution >= 0.6 is 0 Å². The Morgan fingerprint density at radius 2 is 2.00 bits per heavy atom. The van der Waals surface area contributed by atoms with E-state index in [4.69, 9.17) is 0 Å². The maximum Gasteiger partial charge on any atom is 0.0309 e. The summed E-state index contributed by atoms with van der Waals surface area (Å²) in [5, 5.41) is 3.88. The van der Waals surface area contributed by atoms with Gasteiger partial charge in [-0.15, -0.1) is 0 Å². The quantitative estimate of drug-likeness (QED) is 0.825. The van der Waals surface area contributed by atoms with Gasteiger partial charge in [-0.1, -0.05) is 13.3 Å². The van der Waals surface area contributed by atoms with Crippen LogP contribution in [0.2, 0.25) is 0 Å². The molecule has 3 atom stereocenters. The van der Waals surface area contributed by atoms with Crippen LogP contribution in [-0.4, -0.2) is 35.6 Å². The molecule has 0 spiro atoms. The van der Waals surface area contributed by atoms with E-state index < -0.39 is 0 Å². The van der Waals surface area contributed by atoms with Gasteiger partial charge in [0.1, 0.15) is 0 Å². The summed E-state index contributed by atoms with van der Waals surface area (Å²) in [7, 11) is 0. The third-order valence-corrected chi connectivity index (χ3v) is 6.03. The Morgan fingerprint density at radius 1 is 1.28 bits per heavy atom. The number of piperazine rings is 1. The average Bonchev–Trinajstić information content (AvgIpc) is 3.10. The zero-order valence-corrected chi connectivity index (χ0v) is 12.4. The predicted octanol–water partition coefficient (Wildman–Crippen LogP) is 3.03. The molecular formula is C16H30N2. The lowest BCUT2D eigenvalue weighted by molar-refractivity contribution is 0.00525. The Bertz CT molecular complexity index is 295. The highest BCUT2D eigenvalue weighted by molar-refractivity contribution is 5.05. The van der Waals surface area contributed by atoms with E-state index >= 15 is 0 Å². The second-order valence-electron chi connectivity index (χ2n) is 7.24. The molecule has 2 heteroatoms. The van der Waals surface area contributed by atoms with Crippen molar-refractivity contribution in [1.82, 2.24) is 10.2 Å². The van der Waals surface area contributed by atoms with Gasteiger partial charge >= 0.3 is 0 Å². The predicted molar refractivity (Wildman–Crippen MR) is 76.7 cm³/mol. The Morgan fingerprint density at radius 3 is 2.50 bits per heavy atom. The lowest BCUT2D eigenvalue weighted by atomic mass is 9.78. The summed E-state index contributed by atoms with van der Waals surface area (Å²) in [6, 6.07) is 1.58. The molecule has 1 aliphatic heterocycles. The smallest absolute Gasteiger partial charge is 0.0309 e. The van der Waals surface area contributed by atoms with Crippen LogP contribution in [0.15, 0.2) is 0 Å². The van der Waals surface area contributed by atoms with E-state index in [-0.39, 0.29) is 0 Å². The highest BCUT2D eigenvalue weighted by Gasteiger charge is 2.47. The van der Waals surface area contributed by atoms with Gasteiger partial charge in [0.15, 0.2) is 0 Å². The molecule has 0 radical (unpaired) electrons. The Hall–Kier alpha value is -0.0800. The minimum atomic E-state index is 0.406. The third kappa shape index (κ3) is 2.22. The van der Waals surface area contributed by atoms with Crippen molar-refractivity contribution >= 4 is 0 Å². The van der Waals surface area contributed by atoms with Gasteiger partial charge in [0, 0.05) is 30.7 Å². The molecule has 0 amide bonds. The lowest BCUT2D eigenvalue weighted by Gasteiger charge is -2.51. The van der Waals surface area contributed by atoms with E-state index in [9.17, 15) is 0 Å². The summed E-state index contributed by atoms with van der Waals surface area (Å²) in [4.78, 5) is 2.86. The first-order valence-electron chi connectivity index (χ1n) is 8.15. The fourth-order valence-electron chi connectivity index (χ4n) is 4.07. The zero-order valence-electron chi connectivity index (χ0n) is 12.4. The minimum absolute atomic E-state index is 0.406. The average molecular weight is 250 g/mol. The van der Waals surface area contributed by atoms with Gasteiger partial charge < -0.3 is 5.32 Å². The van der Waals surface area contributed by atoms with E-state index in [1.165, 1.54) is 51.6 Å². The molecule has 104 valence electrons. The van der Waals surface area contributed by atoms with Gasteiger partial charge in [0.05, 0.1) is 0 Å². The number of rotatable bonds is 4. The van der Waals surface area contributed by atoms with Gasteiger partial charge in [0.25, 0.3) is 0 Å². The van der Waals surface area contributed by atoms with E-state index in [0.29, 0.717) is 5.54 Å². The topological polar surface area (TPSA) is 15.3 Å². The van der Waals surface area contributed by atoms with Crippen molar-refractivity contribution in [2.45, 2.75) is 76.9 Å². The number of hydrogen-bond donors (Lipinski definition) is 1. The van der Waals surface area contributed by atoms with Crippen molar-refractivity contribution < 1.29 is 0 Å². The minimum Gasteiger partial charge on any atom is -0.308 e. The van der Waals surface area contributed by atoms with Gasteiger partial charge in [-0.3, -0.25) is 4.90 Å². The first kappa shape index (κ1) is 12.9. The molecule has 1 N–H and O–H groups in total. The van der Waals surface area contributed by atoms with Crippen LogP contribution < -0.4 is 5.32 Å². The molecule has 0 bridgehead atoms. The van der Waals surface area contributed by atoms with E-state index in [2.05, 4.69) is 31.0 Å². The zero-order chi connectivity index (χ0) is 12.8. The SMILES string of the molecule is CCC1CNC(C)(C2CC2)CN1C(C)C1CCC1. The molecular weight excluding hydrogens is 220 g/mol. The largest absolute Gasteiger partial charge is 0.308 e. The van der Waals surface area contributed by atoms with Crippen LogP contribution in [0.3, 0.4) is 0 Å². The fourth-order valence-corrected chi connectivity index (χ4v) is 4.07. The highest BCUT2D eigenvalue weighted by Crippen LogP contribution is 2.43. The van der Waals surface area contributed by atoms with Gasteiger partial charge in [-0.05, 0) is 57.8 Å². The highest BCUT2D eigenvalue weighted by atomic mass is 15.3. The summed E-state index contributed by atoms with van der Waals surface area (Å²) in [6.45, 7) is 9.81. The standard InChI is InChI=1S/C16H30N2/c1-4-15-10-17-16(3,14-8-9-14)11-18(15)12(2)13-6-5-7-13/h12-15,17H,4-11H2,1-3H3. The summed E-state index contributed by atoms with van der Waals surface area (Å²) < 4.78 is 0. The maximum atomic E-state index is 3.88. The van der Waals surface area contributed by atoms with Crippen LogP contribution in [-0.2, 0) is 0 Å². The molecule has 2 saturated carbocycles. The third-order valence-electron chi connectivity index (χ3n) is 6.03. The van der Waals surface area contributed by atoms with Crippen molar-refractivity contribution in [3.63, 3.8) is 0 Å². The Labute approximate surface area is 113 Å². The van der Waals surface area contributed by atoms with Crippen molar-refractivity contribution in [1.29, 1.82) is 0 Å². The van der Waals surface area contributed by atoms with Crippen LogP contribution in [0.1, 0.15) is 59.3 Å². The molecule has 18 heavy (non-hydrogen) atoms. The molecule has 3 aliphatic rings. The second kappa shape index (κ2) is 4.79. The van der Waals surface area contributed by atoms with Crippen LogP contribution in [0.5, 0.6) is 0 Å². The number of hydrogen-bond acceptors (Lipinski definition) is 2. The van der Waals surface area contributed by atoms with Crippen molar-refractivity contribution in [2.75, 3.05) is 13.1 Å². The maximum absolute atomic E-state index is 3.88. The fraction of sp³-hybridized carbons (Fsp3) is 1.00. The first-order valence-corrected chi connectivity index (χ1v) is 8.15. The van der Waals surface area contributed by atoms with Crippen LogP contribution in [0.4, 0.5) is 0 Å². The monoisotopic (exact) mass is 250 g/mol. The van der Waals surface area contributed by atoms with E-state index in [1.54, 1.807) is 0 Å². The summed E-state index contributed by atoms with van der Waals surface area (Å²) in [5.41, 5.74) is 0.406. The molecule has 3 rings (SSSR count). The molecule has 0 aromatic heterocycles. The van der Waals surface area contributed by atoms with E-state index in [1.807, 2.05) is 0 Å². The number of nitrogens with one attached hydrogen (secondary N) is 1. The van der Waals surface area contributed by atoms with Crippen molar-refractivity contribution in [2.24, 2.45) is 11.8 Å². The summed E-state index contributed by atoms with van der Waals surface area (Å²) in [5.74, 6) is 1.94. The number of nitrogens with zero attached hydrogens (tertiary/aromatic N) is 1. The van der Waals surface area contributed by atoms with Gasteiger partial charge in [0.2, 0.25) is 0 Å². The Balaban J connectivity index is 1.70. The molecule has 3 fully saturated rings. The summed E-state index contributed by atoms with van der Waals surface area (Å²) in [6.07, 6.45) is 8.61. The normalized spacial score (nSPS) is 40.5. The molecule has 1 saturated heterocycles. The van der Waals surface area contributed by atoms with Gasteiger partial charge in [-0.2, -0.15) is 0 Å².